The molecule has 0 saturated carbocycles. The van der Waals surface area contributed by atoms with Crippen LogP contribution in [0.1, 0.15) is 17.0 Å². The molecule has 0 bridgehead atoms. The number of rotatable bonds is 3. The third kappa shape index (κ3) is 3.48. The Kier molecular flexibility index (Phi) is 4.49. The van der Waals surface area contributed by atoms with Gasteiger partial charge in [0.15, 0.2) is 0 Å². The van der Waals surface area contributed by atoms with Crippen molar-refractivity contribution >= 4 is 22.7 Å². The Hall–Kier alpha value is -3.36. The monoisotopic (exact) mass is 368 g/mol. The topological polar surface area (TPSA) is 107 Å². The molecular formula is C18H20N6O3. The van der Waals surface area contributed by atoms with Crippen LogP contribution in [0.3, 0.4) is 0 Å². The first-order chi connectivity index (χ1) is 13.1. The molecule has 2 aromatic heterocycles. The van der Waals surface area contributed by atoms with E-state index in [-0.39, 0.29) is 24.2 Å². The van der Waals surface area contributed by atoms with Gasteiger partial charge in [-0.05, 0) is 23.9 Å². The van der Waals surface area contributed by atoms with E-state index in [1.807, 2.05) is 41.1 Å². The molecule has 3 heterocycles. The van der Waals surface area contributed by atoms with Crippen LogP contribution in [0.25, 0.3) is 10.9 Å². The van der Waals surface area contributed by atoms with Gasteiger partial charge in [0.05, 0.1) is 0 Å². The highest BCUT2D eigenvalue weighted by Crippen LogP contribution is 2.15. The molecule has 27 heavy (non-hydrogen) atoms. The first-order valence-electron chi connectivity index (χ1n) is 8.87. The molecule has 3 aromatic rings. The predicted octanol–water partition coefficient (Wildman–Crippen LogP) is 0.427. The van der Waals surface area contributed by atoms with E-state index >= 15 is 0 Å². The molecule has 0 atom stereocenters. The van der Waals surface area contributed by atoms with Crippen molar-refractivity contribution in [3.8, 4) is 0 Å². The highest BCUT2D eigenvalue weighted by molar-refractivity contribution is 5.90. The maximum atomic E-state index is 12.7. The SMILES string of the molecule is O=C(Cn1ccc2ccccc21)N1CCCN(C(=O)c2n[nH]c(=O)[nH]2)CC1. The van der Waals surface area contributed by atoms with Gasteiger partial charge in [0, 0.05) is 37.9 Å². The molecule has 9 nitrogen and oxygen atoms in total. The van der Waals surface area contributed by atoms with Gasteiger partial charge in [0.25, 0.3) is 5.91 Å². The number of nitrogens with zero attached hydrogens (tertiary/aromatic N) is 4. The van der Waals surface area contributed by atoms with E-state index in [0.29, 0.717) is 32.6 Å². The van der Waals surface area contributed by atoms with E-state index in [2.05, 4.69) is 15.2 Å². The molecule has 0 unspecified atom stereocenters. The van der Waals surface area contributed by atoms with E-state index in [4.69, 9.17) is 0 Å². The van der Waals surface area contributed by atoms with E-state index < -0.39 is 5.69 Å². The van der Waals surface area contributed by atoms with Gasteiger partial charge < -0.3 is 14.4 Å². The van der Waals surface area contributed by atoms with Crippen LogP contribution in [-0.2, 0) is 11.3 Å². The van der Waals surface area contributed by atoms with Gasteiger partial charge in [-0.25, -0.2) is 9.89 Å². The van der Waals surface area contributed by atoms with Crippen LogP contribution < -0.4 is 5.69 Å². The van der Waals surface area contributed by atoms with Gasteiger partial charge in [-0.2, -0.15) is 0 Å². The predicted molar refractivity (Wildman–Crippen MR) is 98.2 cm³/mol. The number of fused-ring (bicyclic) bond motifs is 1. The summed E-state index contributed by atoms with van der Waals surface area (Å²) in [5.74, 6) is -0.309. The van der Waals surface area contributed by atoms with Crippen molar-refractivity contribution in [3.05, 3.63) is 52.8 Å². The maximum absolute atomic E-state index is 12.7. The highest BCUT2D eigenvalue weighted by Gasteiger charge is 2.24. The molecule has 0 aliphatic carbocycles. The number of amides is 2. The van der Waals surface area contributed by atoms with Gasteiger partial charge in [0.2, 0.25) is 11.7 Å². The highest BCUT2D eigenvalue weighted by atomic mass is 16.2. The minimum absolute atomic E-state index is 0.00131. The minimum Gasteiger partial charge on any atom is -0.339 e. The Balaban J connectivity index is 1.41. The quantitative estimate of drug-likeness (QED) is 0.699. The molecule has 9 heteroatoms. The number of hydrogen-bond donors (Lipinski definition) is 2. The van der Waals surface area contributed by atoms with Gasteiger partial charge in [-0.3, -0.25) is 14.6 Å². The van der Waals surface area contributed by atoms with Crippen molar-refractivity contribution in [2.45, 2.75) is 13.0 Å². The number of carbonyl (C=O) groups excluding carboxylic acids is 2. The molecule has 2 amide bonds. The van der Waals surface area contributed by atoms with Crippen molar-refractivity contribution in [2.75, 3.05) is 26.2 Å². The summed E-state index contributed by atoms with van der Waals surface area (Å²) in [6, 6.07) is 9.94. The molecule has 0 spiro atoms. The Morgan fingerprint density at radius 2 is 1.81 bits per heavy atom. The molecule has 140 valence electrons. The van der Waals surface area contributed by atoms with Crippen molar-refractivity contribution < 1.29 is 9.59 Å². The third-order valence-corrected chi connectivity index (χ3v) is 4.83. The number of benzene rings is 1. The number of carbonyl (C=O) groups is 2. The van der Waals surface area contributed by atoms with Gasteiger partial charge in [-0.15, -0.1) is 5.10 Å². The summed E-state index contributed by atoms with van der Waals surface area (Å²) in [6.07, 6.45) is 2.60. The summed E-state index contributed by atoms with van der Waals surface area (Å²) < 4.78 is 1.94. The second-order valence-corrected chi connectivity index (χ2v) is 6.56. The summed E-state index contributed by atoms with van der Waals surface area (Å²) in [4.78, 5) is 42.1. The third-order valence-electron chi connectivity index (χ3n) is 4.83. The fraction of sp³-hybridized carbons (Fsp3) is 0.333. The number of aromatic amines is 2. The molecule has 0 radical (unpaired) electrons. The summed E-state index contributed by atoms with van der Waals surface area (Å²) in [5, 5.41) is 6.98. The maximum Gasteiger partial charge on any atom is 0.341 e. The van der Waals surface area contributed by atoms with Crippen LogP contribution in [-0.4, -0.2) is 67.5 Å². The first kappa shape index (κ1) is 17.1. The Morgan fingerprint density at radius 3 is 2.63 bits per heavy atom. The van der Waals surface area contributed by atoms with Crippen molar-refractivity contribution in [1.29, 1.82) is 0 Å². The zero-order chi connectivity index (χ0) is 18.8. The molecule has 1 fully saturated rings. The summed E-state index contributed by atoms with van der Waals surface area (Å²) >= 11 is 0. The normalized spacial score (nSPS) is 15.1. The molecule has 1 aliphatic rings. The van der Waals surface area contributed by atoms with Gasteiger partial charge in [-0.1, -0.05) is 18.2 Å². The van der Waals surface area contributed by atoms with Crippen LogP contribution in [0.15, 0.2) is 41.3 Å². The second kappa shape index (κ2) is 7.10. The lowest BCUT2D eigenvalue weighted by Crippen LogP contribution is -2.39. The van der Waals surface area contributed by atoms with Crippen molar-refractivity contribution in [1.82, 2.24) is 29.5 Å². The summed E-state index contributed by atoms with van der Waals surface area (Å²) in [7, 11) is 0. The van der Waals surface area contributed by atoms with Crippen LogP contribution in [0.4, 0.5) is 0 Å². The minimum atomic E-state index is -0.510. The van der Waals surface area contributed by atoms with Crippen LogP contribution in [0.5, 0.6) is 0 Å². The zero-order valence-corrected chi connectivity index (χ0v) is 14.7. The van der Waals surface area contributed by atoms with Crippen LogP contribution in [0, 0.1) is 0 Å². The largest absolute Gasteiger partial charge is 0.341 e. The lowest BCUT2D eigenvalue weighted by atomic mass is 10.2. The van der Waals surface area contributed by atoms with E-state index in [1.54, 1.807) is 9.80 Å². The fourth-order valence-electron chi connectivity index (χ4n) is 3.42. The summed E-state index contributed by atoms with van der Waals surface area (Å²) in [6.45, 7) is 2.25. The second-order valence-electron chi connectivity index (χ2n) is 6.56. The number of nitrogens with one attached hydrogen (secondary N) is 2. The zero-order valence-electron chi connectivity index (χ0n) is 14.7. The number of para-hydroxylation sites is 1. The Labute approximate surface area is 154 Å². The average molecular weight is 368 g/mol. The smallest absolute Gasteiger partial charge is 0.339 e. The molecule has 1 saturated heterocycles. The molecule has 4 rings (SSSR count). The van der Waals surface area contributed by atoms with Crippen molar-refractivity contribution in [2.24, 2.45) is 0 Å². The molecule has 2 N–H and O–H groups in total. The Bertz CT molecular complexity index is 1030. The van der Waals surface area contributed by atoms with E-state index in [9.17, 15) is 14.4 Å². The van der Waals surface area contributed by atoms with Gasteiger partial charge >= 0.3 is 5.69 Å². The number of H-pyrrole nitrogens is 2. The fourth-order valence-corrected chi connectivity index (χ4v) is 3.42. The number of hydrogen-bond acceptors (Lipinski definition) is 4. The molecular weight excluding hydrogens is 348 g/mol. The van der Waals surface area contributed by atoms with Crippen LogP contribution in [0.2, 0.25) is 0 Å². The Morgan fingerprint density at radius 1 is 1.04 bits per heavy atom. The summed E-state index contributed by atoms with van der Waals surface area (Å²) in [5.41, 5.74) is 0.517. The van der Waals surface area contributed by atoms with E-state index in [1.165, 1.54) is 0 Å². The lowest BCUT2D eigenvalue weighted by Gasteiger charge is -2.22. The molecule has 1 aliphatic heterocycles. The van der Waals surface area contributed by atoms with Crippen molar-refractivity contribution in [3.63, 3.8) is 0 Å². The van der Waals surface area contributed by atoms with Crippen LogP contribution >= 0.6 is 0 Å². The number of aromatic nitrogens is 4. The standard InChI is InChI=1S/C18H20N6O3/c25-15(12-24-9-6-13-4-1-2-5-14(13)24)22-7-3-8-23(11-10-22)17(26)16-19-18(27)21-20-16/h1-2,4-6,9H,3,7-8,10-12H2,(H2,19,20,21,27). The first-order valence-corrected chi connectivity index (χ1v) is 8.87. The lowest BCUT2D eigenvalue weighted by molar-refractivity contribution is -0.131. The van der Waals surface area contributed by atoms with E-state index in [0.717, 1.165) is 10.9 Å². The molecule has 1 aromatic carbocycles. The van der Waals surface area contributed by atoms with Gasteiger partial charge in [0.1, 0.15) is 6.54 Å². The average Bonchev–Trinajstić information content (AvgIpc) is 3.20.